The van der Waals surface area contributed by atoms with E-state index in [1.807, 2.05) is 42.3 Å². The highest BCUT2D eigenvalue weighted by Crippen LogP contribution is 2.13. The topological polar surface area (TPSA) is 63.1 Å². The van der Waals surface area contributed by atoms with Gasteiger partial charge in [-0.3, -0.25) is 4.79 Å². The molecule has 0 bridgehead atoms. The first-order valence-corrected chi connectivity index (χ1v) is 7.22. The second-order valence-electron chi connectivity index (χ2n) is 5.26. The highest BCUT2D eigenvalue weighted by molar-refractivity contribution is 5.92. The van der Waals surface area contributed by atoms with E-state index in [0.717, 1.165) is 31.6 Å². The first-order chi connectivity index (χ1) is 10.3. The number of amides is 1. The number of benzene rings is 1. The molecule has 2 heterocycles. The molecule has 0 saturated carbocycles. The summed E-state index contributed by atoms with van der Waals surface area (Å²) in [4.78, 5) is 14.3. The number of hydrogen-bond donors (Lipinski definition) is 1. The Morgan fingerprint density at radius 1 is 1.33 bits per heavy atom. The minimum Gasteiger partial charge on any atom is -0.336 e. The summed E-state index contributed by atoms with van der Waals surface area (Å²) in [5.74, 6) is -0.0443. The minimum atomic E-state index is -0.0443. The molecule has 1 unspecified atom stereocenters. The lowest BCUT2D eigenvalue weighted by atomic mass is 10.1. The third kappa shape index (κ3) is 2.95. The number of likely N-dealkylation sites (tertiary alicyclic amines) is 1. The molecule has 1 aliphatic heterocycles. The average Bonchev–Trinajstić information content (AvgIpc) is 3.05. The molecule has 1 amide bonds. The molecule has 110 valence electrons. The van der Waals surface area contributed by atoms with Gasteiger partial charge in [-0.15, -0.1) is 5.10 Å². The maximum absolute atomic E-state index is 12.5. The Morgan fingerprint density at radius 3 is 2.90 bits per heavy atom. The van der Waals surface area contributed by atoms with Crippen molar-refractivity contribution in [3.8, 4) is 5.69 Å². The van der Waals surface area contributed by atoms with Crippen LogP contribution in [0.3, 0.4) is 0 Å². The number of para-hydroxylation sites is 1. The molecule has 1 N–H and O–H groups in total. The smallest absolute Gasteiger partial charge is 0.276 e. The minimum absolute atomic E-state index is 0.0443. The lowest BCUT2D eigenvalue weighted by Gasteiger charge is -2.31. The van der Waals surface area contributed by atoms with E-state index in [1.165, 1.54) is 0 Å². The van der Waals surface area contributed by atoms with Gasteiger partial charge in [0.2, 0.25) is 0 Å². The maximum Gasteiger partial charge on any atom is 0.276 e. The summed E-state index contributed by atoms with van der Waals surface area (Å²) >= 11 is 0. The number of likely N-dealkylation sites (N-methyl/N-ethyl adjacent to an activating group) is 1. The fraction of sp³-hybridized carbons (Fsp3) is 0.400. The second-order valence-corrected chi connectivity index (χ2v) is 5.26. The van der Waals surface area contributed by atoms with Gasteiger partial charge in [0.15, 0.2) is 5.69 Å². The standard InChI is InChI=1S/C15H19N5O/c1-16-12-6-5-9-19(10-12)15(21)14-11-20(18-17-14)13-7-3-2-4-8-13/h2-4,7-8,11-12,16H,5-6,9-10H2,1H3. The molecule has 6 heteroatoms. The van der Waals surface area contributed by atoms with Crippen LogP contribution in [0.2, 0.25) is 0 Å². The van der Waals surface area contributed by atoms with E-state index < -0.39 is 0 Å². The number of nitrogens with one attached hydrogen (secondary N) is 1. The number of carbonyl (C=O) groups is 1. The molecule has 1 atom stereocenters. The Bertz CT molecular complexity index is 610. The lowest BCUT2D eigenvalue weighted by molar-refractivity contribution is 0.0692. The van der Waals surface area contributed by atoms with Crippen molar-refractivity contribution in [3.05, 3.63) is 42.2 Å². The fourth-order valence-electron chi connectivity index (χ4n) is 2.63. The third-order valence-electron chi connectivity index (χ3n) is 3.85. The van der Waals surface area contributed by atoms with E-state index in [0.29, 0.717) is 11.7 Å². The molecule has 0 radical (unpaired) electrons. The zero-order valence-corrected chi connectivity index (χ0v) is 12.1. The highest BCUT2D eigenvalue weighted by Gasteiger charge is 2.25. The number of nitrogens with zero attached hydrogens (tertiary/aromatic N) is 4. The molecule has 0 spiro atoms. The molecule has 1 aromatic carbocycles. The number of aromatic nitrogens is 3. The Kier molecular flexibility index (Phi) is 3.96. The second kappa shape index (κ2) is 6.05. The van der Waals surface area contributed by atoms with Gasteiger partial charge in [-0.1, -0.05) is 23.4 Å². The van der Waals surface area contributed by atoms with Gasteiger partial charge in [0, 0.05) is 19.1 Å². The van der Waals surface area contributed by atoms with Gasteiger partial charge in [0.25, 0.3) is 5.91 Å². The van der Waals surface area contributed by atoms with Crippen LogP contribution in [0.25, 0.3) is 5.69 Å². The molecule has 21 heavy (non-hydrogen) atoms. The summed E-state index contributed by atoms with van der Waals surface area (Å²) in [6.07, 6.45) is 3.82. The van der Waals surface area contributed by atoms with Gasteiger partial charge in [0.1, 0.15) is 0 Å². The Balaban J connectivity index is 1.75. The van der Waals surface area contributed by atoms with Gasteiger partial charge in [0.05, 0.1) is 11.9 Å². The zero-order valence-electron chi connectivity index (χ0n) is 12.1. The van der Waals surface area contributed by atoms with E-state index in [4.69, 9.17) is 0 Å². The molecule has 2 aromatic rings. The van der Waals surface area contributed by atoms with E-state index in [1.54, 1.807) is 10.9 Å². The summed E-state index contributed by atoms with van der Waals surface area (Å²) in [6.45, 7) is 1.52. The first-order valence-electron chi connectivity index (χ1n) is 7.22. The predicted molar refractivity (Wildman–Crippen MR) is 79.3 cm³/mol. The van der Waals surface area contributed by atoms with Crippen LogP contribution in [0.5, 0.6) is 0 Å². The van der Waals surface area contributed by atoms with E-state index in [9.17, 15) is 4.79 Å². The molecular formula is C15H19N5O. The van der Waals surface area contributed by atoms with Crippen molar-refractivity contribution in [1.82, 2.24) is 25.2 Å². The lowest BCUT2D eigenvalue weighted by Crippen LogP contribution is -2.47. The normalized spacial score (nSPS) is 18.7. The van der Waals surface area contributed by atoms with Crippen molar-refractivity contribution in [2.45, 2.75) is 18.9 Å². The van der Waals surface area contributed by atoms with Crippen LogP contribution < -0.4 is 5.32 Å². The van der Waals surface area contributed by atoms with Gasteiger partial charge in [-0.25, -0.2) is 4.68 Å². The van der Waals surface area contributed by atoms with E-state index in [-0.39, 0.29) is 5.91 Å². The van der Waals surface area contributed by atoms with Crippen LogP contribution >= 0.6 is 0 Å². The van der Waals surface area contributed by atoms with E-state index in [2.05, 4.69) is 15.6 Å². The summed E-state index contributed by atoms with van der Waals surface area (Å²) in [5.41, 5.74) is 1.30. The Labute approximate surface area is 123 Å². The maximum atomic E-state index is 12.5. The number of carbonyl (C=O) groups excluding carboxylic acids is 1. The first kappa shape index (κ1) is 13.8. The quantitative estimate of drug-likeness (QED) is 0.917. The van der Waals surface area contributed by atoms with Gasteiger partial charge < -0.3 is 10.2 Å². The van der Waals surface area contributed by atoms with Crippen molar-refractivity contribution >= 4 is 5.91 Å². The van der Waals surface area contributed by atoms with Crippen molar-refractivity contribution in [1.29, 1.82) is 0 Å². The highest BCUT2D eigenvalue weighted by atomic mass is 16.2. The van der Waals surface area contributed by atoms with Crippen LogP contribution in [0.4, 0.5) is 0 Å². The van der Waals surface area contributed by atoms with E-state index >= 15 is 0 Å². The van der Waals surface area contributed by atoms with Crippen molar-refractivity contribution in [3.63, 3.8) is 0 Å². The van der Waals surface area contributed by atoms with Gasteiger partial charge >= 0.3 is 0 Å². The van der Waals surface area contributed by atoms with Crippen LogP contribution in [-0.4, -0.2) is 52.0 Å². The molecule has 1 saturated heterocycles. The molecule has 0 aliphatic carbocycles. The largest absolute Gasteiger partial charge is 0.336 e. The monoisotopic (exact) mass is 285 g/mol. The van der Waals surface area contributed by atoms with Crippen LogP contribution in [0.1, 0.15) is 23.3 Å². The summed E-state index contributed by atoms with van der Waals surface area (Å²) in [6, 6.07) is 10.0. The average molecular weight is 285 g/mol. The van der Waals surface area contributed by atoms with Crippen LogP contribution in [-0.2, 0) is 0 Å². The third-order valence-corrected chi connectivity index (χ3v) is 3.85. The predicted octanol–water partition coefficient (Wildman–Crippen LogP) is 1.09. The molecule has 6 nitrogen and oxygen atoms in total. The van der Waals surface area contributed by atoms with Gasteiger partial charge in [-0.2, -0.15) is 0 Å². The zero-order chi connectivity index (χ0) is 14.7. The number of rotatable bonds is 3. The van der Waals surface area contributed by atoms with Crippen LogP contribution in [0, 0.1) is 0 Å². The molecule has 1 fully saturated rings. The van der Waals surface area contributed by atoms with Crippen LogP contribution in [0.15, 0.2) is 36.5 Å². The van der Waals surface area contributed by atoms with Crippen molar-refractivity contribution < 1.29 is 4.79 Å². The molecular weight excluding hydrogens is 266 g/mol. The molecule has 1 aromatic heterocycles. The summed E-state index contributed by atoms with van der Waals surface area (Å²) in [7, 11) is 1.93. The van der Waals surface area contributed by atoms with Gasteiger partial charge in [-0.05, 0) is 32.0 Å². The summed E-state index contributed by atoms with van der Waals surface area (Å²) in [5, 5.41) is 11.3. The summed E-state index contributed by atoms with van der Waals surface area (Å²) < 4.78 is 1.63. The molecule has 1 aliphatic rings. The Morgan fingerprint density at radius 2 is 2.14 bits per heavy atom. The molecule has 3 rings (SSSR count). The number of hydrogen-bond acceptors (Lipinski definition) is 4. The van der Waals surface area contributed by atoms with Crippen molar-refractivity contribution in [2.75, 3.05) is 20.1 Å². The van der Waals surface area contributed by atoms with Crippen molar-refractivity contribution in [2.24, 2.45) is 0 Å². The number of piperidine rings is 1. The fourth-order valence-corrected chi connectivity index (χ4v) is 2.63. The Hall–Kier alpha value is -2.21. The SMILES string of the molecule is CNC1CCCN(C(=O)c2cn(-c3ccccc3)nn2)C1.